The van der Waals surface area contributed by atoms with Gasteiger partial charge >= 0.3 is 0 Å². The van der Waals surface area contributed by atoms with Crippen molar-refractivity contribution in [2.75, 3.05) is 13.1 Å². The average Bonchev–Trinajstić information content (AvgIpc) is 2.34. The van der Waals surface area contributed by atoms with Crippen molar-refractivity contribution in [2.45, 2.75) is 34.2 Å². The number of hydrogen-bond donors (Lipinski definition) is 2. The van der Waals surface area contributed by atoms with Crippen molar-refractivity contribution in [3.05, 3.63) is 47.0 Å². The van der Waals surface area contributed by atoms with Crippen LogP contribution in [0.4, 0.5) is 0 Å². The van der Waals surface area contributed by atoms with Gasteiger partial charge in [0.05, 0.1) is 6.54 Å². The third-order valence-corrected chi connectivity index (χ3v) is 2.99. The normalized spacial score (nSPS) is 10.7. The molecule has 0 atom stereocenters. The summed E-state index contributed by atoms with van der Waals surface area (Å²) in [7, 11) is 0. The Morgan fingerprint density at radius 2 is 1.80 bits per heavy atom. The molecule has 0 amide bonds. The molecule has 112 valence electrons. The van der Waals surface area contributed by atoms with Gasteiger partial charge in [-0.1, -0.05) is 23.8 Å². The smallest absolute Gasteiger partial charge is 0.191 e. The van der Waals surface area contributed by atoms with Gasteiger partial charge in [0.2, 0.25) is 0 Å². The van der Waals surface area contributed by atoms with E-state index in [9.17, 15) is 0 Å². The maximum atomic E-state index is 4.62. The van der Waals surface area contributed by atoms with Crippen LogP contribution in [-0.4, -0.2) is 19.0 Å². The monoisotopic (exact) mass is 387 g/mol. The van der Waals surface area contributed by atoms with Gasteiger partial charge in [-0.05, 0) is 44.4 Å². The van der Waals surface area contributed by atoms with Gasteiger partial charge in [0, 0.05) is 13.1 Å². The predicted octanol–water partition coefficient (Wildman–Crippen LogP) is 3.47. The molecule has 1 rings (SSSR count). The van der Waals surface area contributed by atoms with E-state index in [0.717, 1.165) is 19.0 Å². The van der Waals surface area contributed by atoms with Gasteiger partial charge in [-0.3, -0.25) is 0 Å². The summed E-state index contributed by atoms with van der Waals surface area (Å²) in [4.78, 5) is 4.62. The van der Waals surface area contributed by atoms with Crippen LogP contribution in [0.5, 0.6) is 0 Å². The summed E-state index contributed by atoms with van der Waals surface area (Å²) in [6.45, 7) is 14.5. The Balaban J connectivity index is 0.00000361. The van der Waals surface area contributed by atoms with Crippen LogP contribution in [0, 0.1) is 20.8 Å². The van der Waals surface area contributed by atoms with Crippen LogP contribution in [0.15, 0.2) is 29.8 Å². The number of guanidine groups is 1. The number of aryl methyl sites for hydroxylation is 3. The molecule has 1 aromatic rings. The second-order valence-corrected chi connectivity index (χ2v) is 4.74. The highest BCUT2D eigenvalue weighted by Gasteiger charge is 2.03. The Hall–Kier alpha value is -1.04. The lowest BCUT2D eigenvalue weighted by atomic mass is 10.00. The first kappa shape index (κ1) is 19.0. The Morgan fingerprint density at radius 3 is 2.30 bits per heavy atom. The average molecular weight is 387 g/mol. The highest BCUT2D eigenvalue weighted by atomic mass is 127. The third kappa shape index (κ3) is 5.94. The lowest BCUT2D eigenvalue weighted by Gasteiger charge is -2.12. The van der Waals surface area contributed by atoms with Crippen LogP contribution in [-0.2, 0) is 6.54 Å². The maximum Gasteiger partial charge on any atom is 0.191 e. The molecular weight excluding hydrogens is 361 g/mol. The Morgan fingerprint density at radius 1 is 1.20 bits per heavy atom. The minimum atomic E-state index is 0. The first-order chi connectivity index (χ1) is 9.08. The number of aliphatic imine (C=N–C) groups is 1. The van der Waals surface area contributed by atoms with Crippen LogP contribution in [0.3, 0.4) is 0 Å². The quantitative estimate of drug-likeness (QED) is 0.351. The summed E-state index contributed by atoms with van der Waals surface area (Å²) < 4.78 is 0. The number of hydrogen-bond acceptors (Lipinski definition) is 1. The SMILES string of the molecule is C=CCNC(=NCc1c(C)cc(C)cc1C)NCC.I. The molecule has 0 radical (unpaired) electrons. The standard InChI is InChI=1S/C16H25N3.HI/c1-6-8-18-16(17-7-2)19-11-15-13(4)9-12(3)10-14(15)5;/h6,9-10H,1,7-8,11H2,2-5H3,(H2,17,18,19);1H. The van der Waals surface area contributed by atoms with Crippen LogP contribution in [0.1, 0.15) is 29.2 Å². The summed E-state index contributed by atoms with van der Waals surface area (Å²) in [5.41, 5.74) is 5.22. The molecule has 0 spiro atoms. The fraction of sp³-hybridized carbons (Fsp3) is 0.438. The molecular formula is C16H26IN3. The predicted molar refractivity (Wildman–Crippen MR) is 99.1 cm³/mol. The zero-order valence-corrected chi connectivity index (χ0v) is 15.2. The number of halogens is 1. The fourth-order valence-electron chi connectivity index (χ4n) is 2.13. The molecule has 0 aliphatic rings. The van der Waals surface area contributed by atoms with Crippen molar-refractivity contribution >= 4 is 29.9 Å². The second kappa shape index (κ2) is 9.80. The molecule has 2 N–H and O–H groups in total. The molecule has 20 heavy (non-hydrogen) atoms. The Bertz CT molecular complexity index is 444. The van der Waals surface area contributed by atoms with E-state index >= 15 is 0 Å². The van der Waals surface area contributed by atoms with Crippen molar-refractivity contribution in [3.63, 3.8) is 0 Å². The second-order valence-electron chi connectivity index (χ2n) is 4.74. The highest BCUT2D eigenvalue weighted by molar-refractivity contribution is 14.0. The molecule has 4 heteroatoms. The van der Waals surface area contributed by atoms with E-state index in [-0.39, 0.29) is 24.0 Å². The summed E-state index contributed by atoms with van der Waals surface area (Å²) in [6, 6.07) is 4.42. The molecule has 3 nitrogen and oxygen atoms in total. The zero-order chi connectivity index (χ0) is 14.3. The number of nitrogens with zero attached hydrogens (tertiary/aromatic N) is 1. The fourth-order valence-corrected chi connectivity index (χ4v) is 2.13. The van der Waals surface area contributed by atoms with Gasteiger partial charge in [0.1, 0.15) is 0 Å². The molecule has 0 bridgehead atoms. The van der Waals surface area contributed by atoms with Crippen molar-refractivity contribution in [3.8, 4) is 0 Å². The summed E-state index contributed by atoms with van der Waals surface area (Å²) in [6.07, 6.45) is 1.83. The van der Waals surface area contributed by atoms with Crippen molar-refractivity contribution < 1.29 is 0 Å². The summed E-state index contributed by atoms with van der Waals surface area (Å²) >= 11 is 0. The van der Waals surface area contributed by atoms with Crippen LogP contribution in [0.2, 0.25) is 0 Å². The molecule has 0 aromatic heterocycles. The van der Waals surface area contributed by atoms with E-state index in [2.05, 4.69) is 62.0 Å². The Labute approximate surface area is 140 Å². The molecule has 0 aliphatic carbocycles. The number of benzene rings is 1. The summed E-state index contributed by atoms with van der Waals surface area (Å²) in [5, 5.41) is 6.44. The van der Waals surface area contributed by atoms with Gasteiger partial charge in [-0.2, -0.15) is 0 Å². The lowest BCUT2D eigenvalue weighted by molar-refractivity contribution is 0.857. The van der Waals surface area contributed by atoms with Crippen LogP contribution < -0.4 is 10.6 Å². The van der Waals surface area contributed by atoms with Gasteiger partial charge in [0.15, 0.2) is 5.96 Å². The largest absolute Gasteiger partial charge is 0.357 e. The topological polar surface area (TPSA) is 36.4 Å². The molecule has 0 unspecified atom stereocenters. The number of rotatable bonds is 5. The lowest BCUT2D eigenvalue weighted by Crippen LogP contribution is -2.37. The van der Waals surface area contributed by atoms with E-state index in [1.54, 1.807) is 0 Å². The van der Waals surface area contributed by atoms with Crippen LogP contribution >= 0.6 is 24.0 Å². The van der Waals surface area contributed by atoms with Crippen LogP contribution in [0.25, 0.3) is 0 Å². The zero-order valence-electron chi connectivity index (χ0n) is 12.9. The maximum absolute atomic E-state index is 4.62. The Kier molecular flexibility index (Phi) is 9.29. The van der Waals surface area contributed by atoms with Gasteiger partial charge in [-0.15, -0.1) is 30.6 Å². The van der Waals surface area contributed by atoms with E-state index < -0.39 is 0 Å². The molecule has 0 saturated carbocycles. The van der Waals surface area contributed by atoms with E-state index in [0.29, 0.717) is 6.54 Å². The van der Waals surface area contributed by atoms with E-state index in [4.69, 9.17) is 0 Å². The molecule has 0 saturated heterocycles. The molecule has 0 aliphatic heterocycles. The molecule has 0 heterocycles. The highest BCUT2D eigenvalue weighted by Crippen LogP contribution is 2.17. The number of nitrogens with one attached hydrogen (secondary N) is 2. The van der Waals surface area contributed by atoms with Crippen molar-refractivity contribution in [1.29, 1.82) is 0 Å². The van der Waals surface area contributed by atoms with Gasteiger partial charge in [-0.25, -0.2) is 4.99 Å². The van der Waals surface area contributed by atoms with E-state index in [1.165, 1.54) is 22.3 Å². The minimum absolute atomic E-state index is 0. The molecule has 1 aromatic carbocycles. The molecule has 0 fully saturated rings. The van der Waals surface area contributed by atoms with Crippen molar-refractivity contribution in [1.82, 2.24) is 10.6 Å². The van der Waals surface area contributed by atoms with Crippen molar-refractivity contribution in [2.24, 2.45) is 4.99 Å². The van der Waals surface area contributed by atoms with Gasteiger partial charge in [0.25, 0.3) is 0 Å². The minimum Gasteiger partial charge on any atom is -0.357 e. The van der Waals surface area contributed by atoms with E-state index in [1.807, 2.05) is 6.08 Å². The third-order valence-electron chi connectivity index (χ3n) is 2.99. The first-order valence-electron chi connectivity index (χ1n) is 6.78. The summed E-state index contributed by atoms with van der Waals surface area (Å²) in [5.74, 6) is 0.835. The van der Waals surface area contributed by atoms with Gasteiger partial charge < -0.3 is 10.6 Å². The first-order valence-corrected chi connectivity index (χ1v) is 6.78.